The molecule has 0 aliphatic rings. The molecule has 20 heavy (non-hydrogen) atoms. The van der Waals surface area contributed by atoms with Gasteiger partial charge in [-0.3, -0.25) is 9.80 Å². The molecular formula is C14H26N2O4. The highest BCUT2D eigenvalue weighted by Gasteiger charge is 2.22. The number of esters is 1. The molecule has 0 aliphatic heterocycles. The van der Waals surface area contributed by atoms with Crippen LogP contribution in [0.3, 0.4) is 0 Å². The van der Waals surface area contributed by atoms with Crippen LogP contribution in [0, 0.1) is 0 Å². The lowest BCUT2D eigenvalue weighted by Gasteiger charge is -2.37. The molecule has 0 atom stereocenters. The molecule has 6 nitrogen and oxygen atoms in total. The Morgan fingerprint density at radius 2 is 1.45 bits per heavy atom. The van der Waals surface area contributed by atoms with Gasteiger partial charge >= 0.3 is 11.9 Å². The normalized spacial score (nSPS) is 11.8. The van der Waals surface area contributed by atoms with E-state index in [9.17, 15) is 9.59 Å². The van der Waals surface area contributed by atoms with Gasteiger partial charge in [0.05, 0.1) is 6.17 Å². The van der Waals surface area contributed by atoms with Crippen LogP contribution in [0.2, 0.25) is 0 Å². The van der Waals surface area contributed by atoms with Crippen molar-refractivity contribution in [1.29, 1.82) is 0 Å². The third kappa shape index (κ3) is 6.68. The third-order valence-electron chi connectivity index (χ3n) is 3.20. The van der Waals surface area contributed by atoms with Gasteiger partial charge in [0.1, 0.15) is 6.61 Å². The molecule has 0 aromatic rings. The van der Waals surface area contributed by atoms with Crippen molar-refractivity contribution >= 4 is 11.9 Å². The highest BCUT2D eigenvalue weighted by atomic mass is 16.5. The summed E-state index contributed by atoms with van der Waals surface area (Å²) in [5.41, 5.74) is 0. The highest BCUT2D eigenvalue weighted by molar-refractivity contribution is 5.90. The maximum Gasteiger partial charge on any atom is 0.331 e. The van der Waals surface area contributed by atoms with Gasteiger partial charge in [-0.1, -0.05) is 27.7 Å². The minimum absolute atomic E-state index is 0.0159. The Morgan fingerprint density at radius 3 is 1.80 bits per heavy atom. The van der Waals surface area contributed by atoms with Crippen molar-refractivity contribution in [3.05, 3.63) is 12.2 Å². The van der Waals surface area contributed by atoms with Crippen molar-refractivity contribution in [3.63, 3.8) is 0 Å². The summed E-state index contributed by atoms with van der Waals surface area (Å²) in [6.45, 7) is 11.9. The molecule has 0 aliphatic carbocycles. The van der Waals surface area contributed by atoms with Gasteiger partial charge in [0.2, 0.25) is 0 Å². The van der Waals surface area contributed by atoms with Gasteiger partial charge in [-0.25, -0.2) is 9.59 Å². The summed E-state index contributed by atoms with van der Waals surface area (Å²) in [5.74, 6) is -1.79. The summed E-state index contributed by atoms with van der Waals surface area (Å²) in [5, 5.41) is 8.46. The Bertz CT molecular complexity index is 311. The number of ether oxygens (including phenoxy) is 1. The molecule has 6 heteroatoms. The number of carboxylic acid groups (broad SMARTS) is 1. The summed E-state index contributed by atoms with van der Waals surface area (Å²) in [6.07, 6.45) is 1.73. The molecule has 0 heterocycles. The fourth-order valence-corrected chi connectivity index (χ4v) is 2.08. The number of carbonyl (C=O) groups excluding carboxylic acids is 1. The first-order valence-corrected chi connectivity index (χ1v) is 7.05. The van der Waals surface area contributed by atoms with E-state index in [-0.39, 0.29) is 12.8 Å². The molecule has 116 valence electrons. The standard InChI is InChI=1S/C14H26N2O4/c1-5-15(6-2)12(16(7-3)8-4)11-20-14(19)10-9-13(17)18/h9-10,12H,5-8,11H2,1-4H3,(H,17,18)/b10-9-. The zero-order valence-electron chi connectivity index (χ0n) is 12.8. The lowest BCUT2D eigenvalue weighted by Crippen LogP contribution is -2.51. The third-order valence-corrected chi connectivity index (χ3v) is 3.20. The minimum atomic E-state index is -1.16. The summed E-state index contributed by atoms with van der Waals surface area (Å²) >= 11 is 0. The molecule has 0 saturated heterocycles. The van der Waals surface area contributed by atoms with Crippen LogP contribution in [0.25, 0.3) is 0 Å². The second-order valence-corrected chi connectivity index (χ2v) is 4.22. The molecule has 0 aromatic heterocycles. The second kappa shape index (κ2) is 10.4. The fourth-order valence-electron chi connectivity index (χ4n) is 2.08. The molecular weight excluding hydrogens is 260 g/mol. The predicted molar refractivity (Wildman–Crippen MR) is 77.4 cm³/mol. The van der Waals surface area contributed by atoms with Gasteiger partial charge in [-0.05, 0) is 26.2 Å². The SMILES string of the molecule is CCN(CC)C(COC(=O)/C=C\C(=O)O)N(CC)CC. The van der Waals surface area contributed by atoms with Crippen molar-refractivity contribution in [2.24, 2.45) is 0 Å². The lowest BCUT2D eigenvalue weighted by atomic mass is 10.3. The van der Waals surface area contributed by atoms with E-state index >= 15 is 0 Å². The van der Waals surface area contributed by atoms with Crippen LogP contribution < -0.4 is 0 Å². The maximum atomic E-state index is 11.4. The Morgan fingerprint density at radius 1 is 1.00 bits per heavy atom. The molecule has 0 fully saturated rings. The molecule has 0 radical (unpaired) electrons. The molecule has 1 N–H and O–H groups in total. The van der Waals surface area contributed by atoms with E-state index in [1.165, 1.54) is 0 Å². The summed E-state index contributed by atoms with van der Waals surface area (Å²) < 4.78 is 5.15. The van der Waals surface area contributed by atoms with E-state index in [0.29, 0.717) is 0 Å². The average Bonchev–Trinajstić information content (AvgIpc) is 2.44. The van der Waals surface area contributed by atoms with Crippen molar-refractivity contribution in [1.82, 2.24) is 9.80 Å². The van der Waals surface area contributed by atoms with Gasteiger partial charge < -0.3 is 9.84 Å². The monoisotopic (exact) mass is 286 g/mol. The van der Waals surface area contributed by atoms with Crippen LogP contribution in [-0.2, 0) is 14.3 Å². The van der Waals surface area contributed by atoms with Crippen LogP contribution in [0.15, 0.2) is 12.2 Å². The number of hydrogen-bond donors (Lipinski definition) is 1. The Hall–Kier alpha value is -1.40. The highest BCUT2D eigenvalue weighted by Crippen LogP contribution is 2.07. The molecule has 0 aromatic carbocycles. The van der Waals surface area contributed by atoms with Crippen molar-refractivity contribution in [3.8, 4) is 0 Å². The summed E-state index contributed by atoms with van der Waals surface area (Å²) in [6, 6.07) is 0. The van der Waals surface area contributed by atoms with Gasteiger partial charge in [-0.15, -0.1) is 0 Å². The van der Waals surface area contributed by atoms with Crippen molar-refractivity contribution < 1.29 is 19.4 Å². The van der Waals surface area contributed by atoms with E-state index in [1.54, 1.807) is 0 Å². The Balaban J connectivity index is 4.64. The van der Waals surface area contributed by atoms with Gasteiger partial charge in [0.25, 0.3) is 0 Å². The first kappa shape index (κ1) is 18.6. The smallest absolute Gasteiger partial charge is 0.331 e. The van der Waals surface area contributed by atoms with E-state index in [4.69, 9.17) is 9.84 Å². The molecule has 0 amide bonds. The predicted octanol–water partition coefficient (Wildman–Crippen LogP) is 1.18. The molecule has 0 rings (SSSR count). The quantitative estimate of drug-likeness (QED) is 0.369. The second-order valence-electron chi connectivity index (χ2n) is 4.22. The zero-order chi connectivity index (χ0) is 15.5. The van der Waals surface area contributed by atoms with Crippen LogP contribution in [0.1, 0.15) is 27.7 Å². The van der Waals surface area contributed by atoms with Crippen LogP contribution >= 0.6 is 0 Å². The molecule has 0 bridgehead atoms. The minimum Gasteiger partial charge on any atom is -0.478 e. The van der Waals surface area contributed by atoms with Gasteiger partial charge in [0, 0.05) is 12.2 Å². The number of carbonyl (C=O) groups is 2. The molecule has 0 saturated carbocycles. The van der Waals surface area contributed by atoms with Crippen LogP contribution in [0.5, 0.6) is 0 Å². The van der Waals surface area contributed by atoms with E-state index < -0.39 is 11.9 Å². The molecule has 0 unspecified atom stereocenters. The summed E-state index contributed by atoms with van der Waals surface area (Å²) in [4.78, 5) is 26.2. The van der Waals surface area contributed by atoms with Crippen molar-refractivity contribution in [2.45, 2.75) is 33.9 Å². The Kier molecular flexibility index (Phi) is 9.67. The van der Waals surface area contributed by atoms with E-state index in [2.05, 4.69) is 37.5 Å². The molecule has 0 spiro atoms. The Labute approximate surface area is 121 Å². The van der Waals surface area contributed by atoms with Crippen LogP contribution in [0.4, 0.5) is 0 Å². The number of rotatable bonds is 10. The van der Waals surface area contributed by atoms with Crippen molar-refractivity contribution in [2.75, 3.05) is 32.8 Å². The topological polar surface area (TPSA) is 70.1 Å². The fraction of sp³-hybridized carbons (Fsp3) is 0.714. The number of aliphatic carboxylic acids is 1. The van der Waals surface area contributed by atoms with Crippen LogP contribution in [-0.4, -0.2) is 65.8 Å². The zero-order valence-corrected chi connectivity index (χ0v) is 12.8. The lowest BCUT2D eigenvalue weighted by molar-refractivity contribution is -0.142. The number of carboxylic acids is 1. The largest absolute Gasteiger partial charge is 0.478 e. The number of hydrogen-bond acceptors (Lipinski definition) is 5. The first-order valence-electron chi connectivity index (χ1n) is 7.05. The number of nitrogens with zero attached hydrogens (tertiary/aromatic N) is 2. The average molecular weight is 286 g/mol. The van der Waals surface area contributed by atoms with Gasteiger partial charge in [-0.2, -0.15) is 0 Å². The first-order chi connectivity index (χ1) is 9.49. The van der Waals surface area contributed by atoms with E-state index in [0.717, 1.165) is 38.3 Å². The van der Waals surface area contributed by atoms with Gasteiger partial charge in [0.15, 0.2) is 0 Å². The maximum absolute atomic E-state index is 11.4. The number of likely N-dealkylation sites (N-methyl/N-ethyl adjacent to an activating group) is 2. The van der Waals surface area contributed by atoms with E-state index in [1.807, 2.05) is 0 Å². The summed E-state index contributed by atoms with van der Waals surface area (Å²) in [7, 11) is 0.